The number of rotatable bonds is 7. The van der Waals surface area contributed by atoms with Crippen molar-refractivity contribution in [2.45, 2.75) is 6.54 Å². The number of H-pyrrole nitrogens is 1. The summed E-state index contributed by atoms with van der Waals surface area (Å²) in [6.07, 6.45) is 6.34. The summed E-state index contributed by atoms with van der Waals surface area (Å²) < 4.78 is 27.2. The smallest absolute Gasteiger partial charge is 0.233 e. The van der Waals surface area contributed by atoms with Crippen molar-refractivity contribution in [2.24, 2.45) is 0 Å². The van der Waals surface area contributed by atoms with Crippen LogP contribution in [0.2, 0.25) is 0 Å². The third-order valence-corrected chi connectivity index (χ3v) is 6.40. The van der Waals surface area contributed by atoms with Gasteiger partial charge >= 0.3 is 0 Å². The third-order valence-electron chi connectivity index (χ3n) is 5.23. The molecule has 0 bridgehead atoms. The van der Waals surface area contributed by atoms with Crippen LogP contribution in [0.5, 0.6) is 0 Å². The predicted molar refractivity (Wildman–Crippen MR) is 127 cm³/mol. The average molecular weight is 477 g/mol. The Morgan fingerprint density at radius 1 is 1.15 bits per heavy atom. The van der Waals surface area contributed by atoms with Crippen LogP contribution in [0.4, 0.5) is 17.5 Å². The van der Waals surface area contributed by atoms with E-state index in [2.05, 4.69) is 40.9 Å². The molecule has 5 rings (SSSR count). The minimum Gasteiger partial charge on any atom is -0.328 e. The topological polar surface area (TPSA) is 147 Å². The molecule has 2 N–H and O–H groups in total. The van der Waals surface area contributed by atoms with E-state index in [1.165, 1.54) is 11.4 Å². The first kappa shape index (κ1) is 21.5. The number of sulfonamides is 1. The molecule has 1 aromatic carbocycles. The number of benzene rings is 1. The van der Waals surface area contributed by atoms with Crippen molar-refractivity contribution >= 4 is 38.5 Å². The predicted octanol–water partition coefficient (Wildman–Crippen LogP) is 2.19. The van der Waals surface area contributed by atoms with Crippen molar-refractivity contribution in [1.82, 2.24) is 40.1 Å². The number of fused-ring (bicyclic) bond motifs is 1. The molecule has 0 saturated heterocycles. The SMILES string of the molecule is CN(c1ncccc1Cn1ccc2cnc(Nc3cccc(-c4nn[nH]n4)c3)nc21)S(C)(=O)=O. The Morgan fingerprint density at radius 2 is 2.03 bits per heavy atom. The Morgan fingerprint density at radius 3 is 2.82 bits per heavy atom. The van der Waals surface area contributed by atoms with Crippen LogP contribution in [0.15, 0.2) is 61.1 Å². The van der Waals surface area contributed by atoms with Gasteiger partial charge in [-0.05, 0) is 29.5 Å². The highest BCUT2D eigenvalue weighted by Gasteiger charge is 2.18. The van der Waals surface area contributed by atoms with Gasteiger partial charge in [-0.3, -0.25) is 4.31 Å². The monoisotopic (exact) mass is 476 g/mol. The molecule has 0 saturated carbocycles. The molecule has 0 aliphatic heterocycles. The lowest BCUT2D eigenvalue weighted by atomic mass is 10.2. The molecule has 13 heteroatoms. The van der Waals surface area contributed by atoms with E-state index in [4.69, 9.17) is 0 Å². The van der Waals surface area contributed by atoms with Crippen molar-refractivity contribution in [3.8, 4) is 11.4 Å². The van der Waals surface area contributed by atoms with E-state index in [9.17, 15) is 8.42 Å². The largest absolute Gasteiger partial charge is 0.328 e. The number of anilines is 3. The van der Waals surface area contributed by atoms with E-state index < -0.39 is 10.0 Å². The van der Waals surface area contributed by atoms with Crippen molar-refractivity contribution in [1.29, 1.82) is 0 Å². The highest BCUT2D eigenvalue weighted by atomic mass is 32.2. The van der Waals surface area contributed by atoms with Gasteiger partial charge in [-0.2, -0.15) is 10.2 Å². The van der Waals surface area contributed by atoms with E-state index >= 15 is 0 Å². The molecule has 0 spiro atoms. The number of tetrazole rings is 1. The number of nitrogens with zero attached hydrogens (tertiary/aromatic N) is 8. The Kier molecular flexibility index (Phi) is 5.37. The van der Waals surface area contributed by atoms with Crippen LogP contribution < -0.4 is 9.62 Å². The molecular formula is C21H20N10O2S. The maximum absolute atomic E-state index is 12.1. The zero-order valence-corrected chi connectivity index (χ0v) is 19.1. The molecule has 0 aliphatic rings. The quantitative estimate of drug-likeness (QED) is 0.361. The van der Waals surface area contributed by atoms with Crippen LogP contribution in [0, 0.1) is 0 Å². The molecule has 4 aromatic heterocycles. The first-order valence-electron chi connectivity index (χ1n) is 10.2. The molecule has 34 heavy (non-hydrogen) atoms. The Labute approximate surface area is 194 Å². The van der Waals surface area contributed by atoms with Gasteiger partial charge in [0, 0.05) is 47.8 Å². The van der Waals surface area contributed by atoms with E-state index in [1.54, 1.807) is 18.5 Å². The fourth-order valence-corrected chi connectivity index (χ4v) is 3.96. The lowest BCUT2D eigenvalue weighted by Crippen LogP contribution is -2.27. The Balaban J connectivity index is 1.45. The minimum absolute atomic E-state index is 0.373. The van der Waals surface area contributed by atoms with Crippen molar-refractivity contribution in [3.63, 3.8) is 0 Å². The fraction of sp³-hybridized carbons (Fsp3) is 0.143. The summed E-state index contributed by atoms with van der Waals surface area (Å²) in [5.41, 5.74) is 3.00. The van der Waals surface area contributed by atoms with E-state index in [0.717, 1.165) is 28.5 Å². The van der Waals surface area contributed by atoms with Crippen molar-refractivity contribution in [2.75, 3.05) is 22.9 Å². The second-order valence-electron chi connectivity index (χ2n) is 7.57. The molecule has 5 aromatic rings. The minimum atomic E-state index is -3.45. The second kappa shape index (κ2) is 8.51. The molecule has 0 fully saturated rings. The van der Waals surface area contributed by atoms with Gasteiger partial charge in [-0.15, -0.1) is 10.2 Å². The van der Waals surface area contributed by atoms with Gasteiger partial charge < -0.3 is 9.88 Å². The van der Waals surface area contributed by atoms with Crippen LogP contribution in [0.3, 0.4) is 0 Å². The number of nitrogens with one attached hydrogen (secondary N) is 2. The maximum atomic E-state index is 12.1. The van der Waals surface area contributed by atoms with E-state index in [-0.39, 0.29) is 0 Å². The summed E-state index contributed by atoms with van der Waals surface area (Å²) in [5.74, 6) is 1.27. The van der Waals surface area contributed by atoms with Gasteiger partial charge in [0.2, 0.25) is 21.8 Å². The zero-order valence-electron chi connectivity index (χ0n) is 18.3. The number of aromatic nitrogens is 8. The number of aromatic amines is 1. The van der Waals surface area contributed by atoms with E-state index in [1.807, 2.05) is 47.2 Å². The molecule has 0 radical (unpaired) electrons. The second-order valence-corrected chi connectivity index (χ2v) is 9.59. The molecular weight excluding hydrogens is 456 g/mol. The summed E-state index contributed by atoms with van der Waals surface area (Å²) in [5, 5.41) is 18.1. The first-order valence-corrected chi connectivity index (χ1v) is 12.0. The standard InChI is InChI=1S/C21H20N10O2S/c1-30(34(2,32)33)19-16(6-4-9-22-19)13-31-10-8-15-12-23-21(25-20(15)31)24-17-7-3-5-14(11-17)18-26-28-29-27-18/h3-12H,13H2,1-2H3,(H,23,24,25)(H,26,27,28,29). The molecule has 4 heterocycles. The zero-order chi connectivity index (χ0) is 23.7. The summed E-state index contributed by atoms with van der Waals surface area (Å²) in [6, 6.07) is 13.0. The molecule has 0 aliphatic carbocycles. The highest BCUT2D eigenvalue weighted by Crippen LogP contribution is 2.24. The summed E-state index contributed by atoms with van der Waals surface area (Å²) in [6.45, 7) is 0.385. The summed E-state index contributed by atoms with van der Waals surface area (Å²) >= 11 is 0. The number of hydrogen-bond acceptors (Lipinski definition) is 9. The lowest BCUT2D eigenvalue weighted by molar-refractivity contribution is 0.599. The lowest BCUT2D eigenvalue weighted by Gasteiger charge is -2.19. The van der Waals surface area contributed by atoms with Gasteiger partial charge in [0.15, 0.2) is 0 Å². The molecule has 0 atom stereocenters. The fourth-order valence-electron chi connectivity index (χ4n) is 3.49. The average Bonchev–Trinajstić information content (AvgIpc) is 3.49. The van der Waals surface area contributed by atoms with Crippen LogP contribution in [-0.2, 0) is 16.6 Å². The maximum Gasteiger partial charge on any atom is 0.233 e. The molecule has 12 nitrogen and oxygen atoms in total. The van der Waals surface area contributed by atoms with Crippen molar-refractivity contribution < 1.29 is 8.42 Å². The van der Waals surface area contributed by atoms with Gasteiger partial charge in [0.1, 0.15) is 11.5 Å². The summed E-state index contributed by atoms with van der Waals surface area (Å²) in [7, 11) is -1.96. The molecule has 0 amide bonds. The first-order chi connectivity index (χ1) is 16.4. The van der Waals surface area contributed by atoms with Crippen LogP contribution in [-0.4, -0.2) is 61.9 Å². The Bertz CT molecular complexity index is 1560. The van der Waals surface area contributed by atoms with Crippen molar-refractivity contribution in [3.05, 3.63) is 66.6 Å². The third kappa shape index (κ3) is 4.28. The van der Waals surface area contributed by atoms with Gasteiger partial charge in [-0.25, -0.2) is 18.4 Å². The number of pyridine rings is 1. The molecule has 172 valence electrons. The van der Waals surface area contributed by atoms with Gasteiger partial charge in [-0.1, -0.05) is 18.2 Å². The number of hydrogen-bond donors (Lipinski definition) is 2. The highest BCUT2D eigenvalue weighted by molar-refractivity contribution is 7.92. The summed E-state index contributed by atoms with van der Waals surface area (Å²) in [4.78, 5) is 13.4. The Hall–Kier alpha value is -4.39. The van der Waals surface area contributed by atoms with Crippen LogP contribution in [0.25, 0.3) is 22.4 Å². The van der Waals surface area contributed by atoms with Gasteiger partial charge in [0.25, 0.3) is 0 Å². The normalized spacial score (nSPS) is 11.6. The van der Waals surface area contributed by atoms with Gasteiger partial charge in [0.05, 0.1) is 12.8 Å². The van der Waals surface area contributed by atoms with Crippen LogP contribution in [0.1, 0.15) is 5.56 Å². The van der Waals surface area contributed by atoms with E-state index in [0.29, 0.717) is 29.8 Å². The van der Waals surface area contributed by atoms with Crippen LogP contribution >= 0.6 is 0 Å². The molecule has 0 unspecified atom stereocenters.